The van der Waals surface area contributed by atoms with E-state index in [4.69, 9.17) is 0 Å². The molecule has 1 N–H and O–H groups in total. The number of likely N-dealkylation sites (tertiary alicyclic amines) is 1. The van der Waals surface area contributed by atoms with Crippen LogP contribution in [0.15, 0.2) is 0 Å². The summed E-state index contributed by atoms with van der Waals surface area (Å²) in [5, 5.41) is 3.64. The van der Waals surface area contributed by atoms with Gasteiger partial charge in [-0.1, -0.05) is 19.8 Å². The minimum Gasteiger partial charge on any atom is -0.315 e. The van der Waals surface area contributed by atoms with Crippen molar-refractivity contribution in [3.63, 3.8) is 0 Å². The number of nitrogens with zero attached hydrogens (tertiary/aromatic N) is 1. The quantitative estimate of drug-likeness (QED) is 0.722. The van der Waals surface area contributed by atoms with Gasteiger partial charge in [-0.15, -0.1) is 0 Å². The van der Waals surface area contributed by atoms with E-state index in [0.717, 1.165) is 11.8 Å². The Morgan fingerprint density at radius 3 is 2.44 bits per heavy atom. The van der Waals surface area contributed by atoms with Crippen molar-refractivity contribution in [2.75, 3.05) is 32.7 Å². The fourth-order valence-corrected chi connectivity index (χ4v) is 3.04. The number of piperidine rings is 1. The van der Waals surface area contributed by atoms with Crippen LogP contribution in [-0.2, 0) is 0 Å². The summed E-state index contributed by atoms with van der Waals surface area (Å²) in [5.41, 5.74) is 0. The van der Waals surface area contributed by atoms with E-state index in [1.165, 1.54) is 71.2 Å². The van der Waals surface area contributed by atoms with E-state index in [-0.39, 0.29) is 0 Å². The molecule has 2 fully saturated rings. The highest BCUT2D eigenvalue weighted by Gasteiger charge is 2.16. The molecule has 0 aromatic carbocycles. The molecule has 1 saturated heterocycles. The van der Waals surface area contributed by atoms with Crippen molar-refractivity contribution in [2.45, 2.75) is 45.4 Å². The number of nitrogens with one attached hydrogen (secondary N) is 1. The summed E-state index contributed by atoms with van der Waals surface area (Å²) in [6, 6.07) is 0. The molecule has 1 saturated carbocycles. The Morgan fingerprint density at radius 1 is 1.06 bits per heavy atom. The molecule has 2 aliphatic rings. The van der Waals surface area contributed by atoms with E-state index in [2.05, 4.69) is 17.1 Å². The number of rotatable bonds is 5. The first-order valence-electron chi connectivity index (χ1n) is 7.27. The first-order valence-corrected chi connectivity index (χ1v) is 7.27. The van der Waals surface area contributed by atoms with E-state index in [1.54, 1.807) is 0 Å². The maximum Gasteiger partial charge on any atom is 0.0107 e. The van der Waals surface area contributed by atoms with Crippen molar-refractivity contribution in [1.82, 2.24) is 10.2 Å². The topological polar surface area (TPSA) is 15.3 Å². The van der Waals surface area contributed by atoms with Crippen LogP contribution in [0, 0.1) is 11.8 Å². The van der Waals surface area contributed by atoms with Gasteiger partial charge in [-0.05, 0) is 57.2 Å². The minimum absolute atomic E-state index is 0.961. The highest BCUT2D eigenvalue weighted by atomic mass is 15.1. The third-order valence-corrected chi connectivity index (χ3v) is 4.39. The van der Waals surface area contributed by atoms with Crippen LogP contribution in [0.5, 0.6) is 0 Å². The maximum absolute atomic E-state index is 3.64. The minimum atomic E-state index is 0.961. The summed E-state index contributed by atoms with van der Waals surface area (Å²) in [7, 11) is 0. The molecule has 2 heteroatoms. The average molecular weight is 224 g/mol. The van der Waals surface area contributed by atoms with Gasteiger partial charge in [-0.3, -0.25) is 0 Å². The zero-order chi connectivity index (χ0) is 11.2. The summed E-state index contributed by atoms with van der Waals surface area (Å²) >= 11 is 0. The number of hydrogen-bond acceptors (Lipinski definition) is 2. The summed E-state index contributed by atoms with van der Waals surface area (Å²) in [4.78, 5) is 2.63. The van der Waals surface area contributed by atoms with Gasteiger partial charge in [0.1, 0.15) is 0 Å². The normalized spacial score (nSPS) is 25.3. The van der Waals surface area contributed by atoms with Crippen LogP contribution < -0.4 is 5.32 Å². The van der Waals surface area contributed by atoms with E-state index in [9.17, 15) is 0 Å². The van der Waals surface area contributed by atoms with E-state index in [1.807, 2.05) is 0 Å². The predicted octanol–water partition coefficient (Wildman–Crippen LogP) is 2.50. The van der Waals surface area contributed by atoms with Crippen LogP contribution in [0.4, 0.5) is 0 Å². The Bertz CT molecular complexity index is 179. The lowest BCUT2D eigenvalue weighted by Crippen LogP contribution is -2.38. The highest BCUT2D eigenvalue weighted by molar-refractivity contribution is 4.72. The summed E-state index contributed by atoms with van der Waals surface area (Å²) in [6.45, 7) is 8.77. The molecule has 0 aromatic rings. The van der Waals surface area contributed by atoms with E-state index < -0.39 is 0 Å². The highest BCUT2D eigenvalue weighted by Crippen LogP contribution is 2.23. The molecule has 16 heavy (non-hydrogen) atoms. The second-order valence-corrected chi connectivity index (χ2v) is 5.88. The molecule has 2 rings (SSSR count). The molecule has 0 aromatic heterocycles. The van der Waals surface area contributed by atoms with Crippen molar-refractivity contribution in [2.24, 2.45) is 11.8 Å². The van der Waals surface area contributed by atoms with Crippen molar-refractivity contribution < 1.29 is 0 Å². The molecule has 1 heterocycles. The first-order chi connectivity index (χ1) is 7.84. The van der Waals surface area contributed by atoms with Crippen LogP contribution in [0.1, 0.15) is 45.4 Å². The van der Waals surface area contributed by atoms with Crippen LogP contribution in [-0.4, -0.2) is 37.6 Å². The Labute approximate surface area is 101 Å². The zero-order valence-electron chi connectivity index (χ0n) is 10.9. The smallest absolute Gasteiger partial charge is 0.0107 e. The molecule has 0 bridgehead atoms. The Hall–Kier alpha value is -0.0800. The van der Waals surface area contributed by atoms with Crippen molar-refractivity contribution >= 4 is 0 Å². The molecule has 1 aliphatic carbocycles. The molecule has 1 aliphatic heterocycles. The van der Waals surface area contributed by atoms with Gasteiger partial charge in [0.2, 0.25) is 0 Å². The third kappa shape index (κ3) is 4.06. The molecular weight excluding hydrogens is 196 g/mol. The van der Waals surface area contributed by atoms with E-state index >= 15 is 0 Å². The molecule has 0 unspecified atom stereocenters. The first kappa shape index (κ1) is 12.4. The average Bonchev–Trinajstić information content (AvgIpc) is 2.80. The van der Waals surface area contributed by atoms with Gasteiger partial charge in [-0.25, -0.2) is 0 Å². The Morgan fingerprint density at radius 2 is 1.75 bits per heavy atom. The molecule has 0 radical (unpaired) electrons. The van der Waals surface area contributed by atoms with Crippen molar-refractivity contribution in [1.29, 1.82) is 0 Å². The van der Waals surface area contributed by atoms with Crippen molar-refractivity contribution in [3.05, 3.63) is 0 Å². The maximum atomic E-state index is 3.64. The molecule has 0 amide bonds. The third-order valence-electron chi connectivity index (χ3n) is 4.39. The monoisotopic (exact) mass is 224 g/mol. The van der Waals surface area contributed by atoms with Crippen LogP contribution in [0.3, 0.4) is 0 Å². The van der Waals surface area contributed by atoms with Gasteiger partial charge in [-0.2, -0.15) is 0 Å². The fraction of sp³-hybridized carbons (Fsp3) is 1.00. The summed E-state index contributed by atoms with van der Waals surface area (Å²) in [6.07, 6.45) is 8.68. The SMILES string of the molecule is CC1CCN(CCNCC2CCCC2)CC1. The van der Waals surface area contributed by atoms with Crippen LogP contribution in [0.2, 0.25) is 0 Å². The Balaban J connectivity index is 1.48. The van der Waals surface area contributed by atoms with Gasteiger partial charge in [0.25, 0.3) is 0 Å². The van der Waals surface area contributed by atoms with Crippen molar-refractivity contribution in [3.8, 4) is 0 Å². The van der Waals surface area contributed by atoms with Crippen LogP contribution in [0.25, 0.3) is 0 Å². The zero-order valence-corrected chi connectivity index (χ0v) is 10.9. The fourth-order valence-electron chi connectivity index (χ4n) is 3.04. The summed E-state index contributed by atoms with van der Waals surface area (Å²) in [5.74, 6) is 1.95. The second kappa shape index (κ2) is 6.61. The lowest BCUT2D eigenvalue weighted by atomic mass is 9.99. The van der Waals surface area contributed by atoms with E-state index in [0.29, 0.717) is 0 Å². The summed E-state index contributed by atoms with van der Waals surface area (Å²) < 4.78 is 0. The Kier molecular flexibility index (Phi) is 5.11. The molecule has 94 valence electrons. The standard InChI is InChI=1S/C14H28N2/c1-13-6-9-16(10-7-13)11-8-15-12-14-4-2-3-5-14/h13-15H,2-12H2,1H3. The van der Waals surface area contributed by atoms with Gasteiger partial charge < -0.3 is 10.2 Å². The van der Waals surface area contributed by atoms with Gasteiger partial charge in [0.05, 0.1) is 0 Å². The number of hydrogen-bond donors (Lipinski definition) is 1. The molecular formula is C14H28N2. The lowest BCUT2D eigenvalue weighted by molar-refractivity contribution is 0.192. The largest absolute Gasteiger partial charge is 0.315 e. The molecule has 0 spiro atoms. The van der Waals surface area contributed by atoms with Crippen LogP contribution >= 0.6 is 0 Å². The van der Waals surface area contributed by atoms with Gasteiger partial charge in [0, 0.05) is 13.1 Å². The molecule has 0 atom stereocenters. The predicted molar refractivity (Wildman–Crippen MR) is 69.7 cm³/mol. The second-order valence-electron chi connectivity index (χ2n) is 5.88. The molecule has 2 nitrogen and oxygen atoms in total. The van der Waals surface area contributed by atoms with Gasteiger partial charge in [0.15, 0.2) is 0 Å². The van der Waals surface area contributed by atoms with Gasteiger partial charge >= 0.3 is 0 Å². The lowest BCUT2D eigenvalue weighted by Gasteiger charge is -2.30.